The second kappa shape index (κ2) is 7.75. The summed E-state index contributed by atoms with van der Waals surface area (Å²) in [6.45, 7) is 12.9. The Morgan fingerprint density at radius 3 is 2.03 bits per heavy atom. The Labute approximate surface area is 177 Å². The second-order valence-corrected chi connectivity index (χ2v) is 9.88. The number of ether oxygens (including phenoxy) is 1. The maximum Gasteiger partial charge on any atom is 0.311 e. The van der Waals surface area contributed by atoms with Crippen molar-refractivity contribution in [1.82, 2.24) is 0 Å². The Balaban J connectivity index is 2.36. The van der Waals surface area contributed by atoms with E-state index in [1.54, 1.807) is 0 Å². The third kappa shape index (κ3) is 4.33. The SMILES string of the molecule is CC(C)(C)c1cccc2c(OC(=O)CCC(=O)O)c3c(C(C)(C)C)cccc3cc12. The smallest absolute Gasteiger partial charge is 0.311 e. The molecule has 1 N–H and O–H groups in total. The summed E-state index contributed by atoms with van der Waals surface area (Å²) in [4.78, 5) is 23.5. The summed E-state index contributed by atoms with van der Waals surface area (Å²) in [7, 11) is 0. The highest BCUT2D eigenvalue weighted by Gasteiger charge is 2.25. The highest BCUT2D eigenvalue weighted by Crippen LogP contribution is 2.43. The molecule has 3 aromatic carbocycles. The molecule has 4 heteroatoms. The molecule has 4 nitrogen and oxygen atoms in total. The average molecular weight is 407 g/mol. The fourth-order valence-electron chi connectivity index (χ4n) is 3.91. The molecule has 30 heavy (non-hydrogen) atoms. The lowest BCUT2D eigenvalue weighted by molar-refractivity contribution is -0.142. The van der Waals surface area contributed by atoms with Gasteiger partial charge in [-0.05, 0) is 38.8 Å². The molecule has 0 radical (unpaired) electrons. The summed E-state index contributed by atoms with van der Waals surface area (Å²) in [5, 5.41) is 12.8. The number of fused-ring (bicyclic) bond motifs is 2. The molecule has 0 fully saturated rings. The zero-order valence-corrected chi connectivity index (χ0v) is 18.6. The van der Waals surface area contributed by atoms with Gasteiger partial charge in [-0.25, -0.2) is 0 Å². The van der Waals surface area contributed by atoms with Crippen molar-refractivity contribution < 1.29 is 19.4 Å². The number of benzene rings is 3. The first-order chi connectivity index (χ1) is 13.9. The van der Waals surface area contributed by atoms with Crippen LogP contribution in [0.2, 0.25) is 0 Å². The van der Waals surface area contributed by atoms with Crippen LogP contribution in [-0.2, 0) is 20.4 Å². The van der Waals surface area contributed by atoms with Gasteiger partial charge in [-0.2, -0.15) is 0 Å². The number of hydrogen-bond acceptors (Lipinski definition) is 3. The summed E-state index contributed by atoms with van der Waals surface area (Å²) in [5.41, 5.74) is 2.02. The van der Waals surface area contributed by atoms with Crippen molar-refractivity contribution in [2.45, 2.75) is 65.2 Å². The quantitative estimate of drug-likeness (QED) is 0.311. The van der Waals surface area contributed by atoms with E-state index in [0.717, 1.165) is 27.1 Å². The van der Waals surface area contributed by atoms with Gasteiger partial charge in [-0.15, -0.1) is 0 Å². The topological polar surface area (TPSA) is 63.6 Å². The molecule has 0 aliphatic heterocycles. The van der Waals surface area contributed by atoms with Gasteiger partial charge in [0, 0.05) is 10.8 Å². The summed E-state index contributed by atoms with van der Waals surface area (Å²) < 4.78 is 5.89. The van der Waals surface area contributed by atoms with E-state index in [4.69, 9.17) is 9.84 Å². The van der Waals surface area contributed by atoms with Crippen LogP contribution in [0.15, 0.2) is 42.5 Å². The summed E-state index contributed by atoms with van der Waals surface area (Å²) in [5.74, 6) is -1.02. The van der Waals surface area contributed by atoms with Crippen LogP contribution >= 0.6 is 0 Å². The van der Waals surface area contributed by atoms with E-state index in [-0.39, 0.29) is 23.7 Å². The zero-order chi connectivity index (χ0) is 22.3. The maximum absolute atomic E-state index is 12.6. The number of carboxylic acids is 1. The zero-order valence-electron chi connectivity index (χ0n) is 18.6. The molecule has 0 unspecified atom stereocenters. The molecule has 0 aliphatic rings. The van der Waals surface area contributed by atoms with Crippen LogP contribution in [-0.4, -0.2) is 17.0 Å². The molecule has 0 atom stereocenters. The molecular formula is C26H30O4. The Hall–Kier alpha value is -2.88. The van der Waals surface area contributed by atoms with Crippen LogP contribution in [0.3, 0.4) is 0 Å². The average Bonchev–Trinajstić information content (AvgIpc) is 2.63. The van der Waals surface area contributed by atoms with Gasteiger partial charge >= 0.3 is 11.9 Å². The highest BCUT2D eigenvalue weighted by atomic mass is 16.5. The molecule has 0 saturated heterocycles. The van der Waals surface area contributed by atoms with Crippen molar-refractivity contribution in [2.75, 3.05) is 0 Å². The molecule has 0 bridgehead atoms. The normalized spacial score (nSPS) is 12.3. The predicted molar refractivity (Wildman–Crippen MR) is 121 cm³/mol. The Kier molecular flexibility index (Phi) is 5.64. The van der Waals surface area contributed by atoms with Gasteiger partial charge in [-0.1, -0.05) is 77.9 Å². The fraction of sp³-hybridized carbons (Fsp3) is 0.385. The standard InChI is InChI=1S/C26H30O4/c1-25(2,3)19-11-8-10-17-18(19)15-16-9-7-12-20(26(4,5)6)23(16)24(17)30-22(29)14-13-21(27)28/h7-12,15H,13-14H2,1-6H3,(H,27,28). The van der Waals surface area contributed by atoms with Gasteiger partial charge in [0.25, 0.3) is 0 Å². The fourth-order valence-corrected chi connectivity index (χ4v) is 3.91. The summed E-state index contributed by atoms with van der Waals surface area (Å²) >= 11 is 0. The van der Waals surface area contributed by atoms with Gasteiger partial charge in [0.2, 0.25) is 0 Å². The van der Waals surface area contributed by atoms with Crippen molar-refractivity contribution in [3.63, 3.8) is 0 Å². The van der Waals surface area contributed by atoms with Crippen LogP contribution in [0.1, 0.15) is 65.5 Å². The lowest BCUT2D eigenvalue weighted by atomic mass is 9.80. The molecule has 0 saturated carbocycles. The number of aliphatic carboxylic acids is 1. The Morgan fingerprint density at radius 2 is 1.43 bits per heavy atom. The van der Waals surface area contributed by atoms with Crippen LogP contribution < -0.4 is 4.74 Å². The van der Waals surface area contributed by atoms with Gasteiger partial charge in [0.15, 0.2) is 0 Å². The number of hydrogen-bond donors (Lipinski definition) is 1. The second-order valence-electron chi connectivity index (χ2n) is 9.88. The third-order valence-corrected chi connectivity index (χ3v) is 5.35. The van der Waals surface area contributed by atoms with Crippen molar-refractivity contribution in [1.29, 1.82) is 0 Å². The van der Waals surface area contributed by atoms with E-state index in [0.29, 0.717) is 5.75 Å². The van der Waals surface area contributed by atoms with E-state index in [9.17, 15) is 9.59 Å². The Morgan fingerprint density at radius 1 is 0.833 bits per heavy atom. The van der Waals surface area contributed by atoms with Gasteiger partial charge in [-0.3, -0.25) is 9.59 Å². The molecule has 0 heterocycles. The number of carboxylic acid groups (broad SMARTS) is 1. The van der Waals surface area contributed by atoms with E-state index in [1.165, 1.54) is 5.56 Å². The van der Waals surface area contributed by atoms with Crippen molar-refractivity contribution in [3.05, 3.63) is 53.6 Å². The van der Waals surface area contributed by atoms with E-state index >= 15 is 0 Å². The van der Waals surface area contributed by atoms with Gasteiger partial charge in [0.05, 0.1) is 12.8 Å². The molecule has 3 aromatic rings. The van der Waals surface area contributed by atoms with Crippen LogP contribution in [0.4, 0.5) is 0 Å². The molecular weight excluding hydrogens is 376 g/mol. The summed E-state index contributed by atoms with van der Waals surface area (Å²) in [6.07, 6.45) is -0.412. The third-order valence-electron chi connectivity index (χ3n) is 5.35. The lowest BCUT2D eigenvalue weighted by Crippen LogP contribution is -2.15. The van der Waals surface area contributed by atoms with Crippen molar-refractivity contribution in [2.24, 2.45) is 0 Å². The van der Waals surface area contributed by atoms with Gasteiger partial charge in [0.1, 0.15) is 5.75 Å². The van der Waals surface area contributed by atoms with Gasteiger partial charge < -0.3 is 9.84 Å². The van der Waals surface area contributed by atoms with E-state index < -0.39 is 11.9 Å². The lowest BCUT2D eigenvalue weighted by Gasteiger charge is -2.26. The first-order valence-corrected chi connectivity index (χ1v) is 10.3. The monoisotopic (exact) mass is 406 g/mol. The maximum atomic E-state index is 12.6. The number of esters is 1. The minimum absolute atomic E-state index is 0.0839. The van der Waals surface area contributed by atoms with Crippen LogP contribution in [0.25, 0.3) is 21.5 Å². The molecule has 0 spiro atoms. The minimum atomic E-state index is -1.01. The van der Waals surface area contributed by atoms with Crippen LogP contribution in [0, 0.1) is 0 Å². The number of carbonyl (C=O) groups is 2. The molecule has 3 rings (SSSR count). The first-order valence-electron chi connectivity index (χ1n) is 10.3. The van der Waals surface area contributed by atoms with E-state index in [1.807, 2.05) is 24.3 Å². The van der Waals surface area contributed by atoms with Crippen LogP contribution in [0.5, 0.6) is 5.75 Å². The van der Waals surface area contributed by atoms with Crippen molar-refractivity contribution >= 4 is 33.5 Å². The number of rotatable bonds is 4. The highest BCUT2D eigenvalue weighted by molar-refractivity contribution is 6.09. The largest absolute Gasteiger partial charge is 0.481 e. The first kappa shape index (κ1) is 21.8. The van der Waals surface area contributed by atoms with E-state index in [2.05, 4.69) is 59.7 Å². The molecule has 0 aromatic heterocycles. The molecule has 0 aliphatic carbocycles. The summed E-state index contributed by atoms with van der Waals surface area (Å²) in [6, 6.07) is 14.4. The minimum Gasteiger partial charge on any atom is -0.481 e. The molecule has 158 valence electrons. The molecule has 0 amide bonds. The van der Waals surface area contributed by atoms with Crippen molar-refractivity contribution in [3.8, 4) is 5.75 Å². The number of carbonyl (C=O) groups excluding carboxylic acids is 1. The Bertz CT molecular complexity index is 1130. The predicted octanol–water partition coefficient (Wildman–Crippen LogP) is 6.36.